The average molecular weight is 315 g/mol. The third kappa shape index (κ3) is 5.88. The molecule has 8 heteroatoms. The van der Waals surface area contributed by atoms with Gasteiger partial charge in [-0.25, -0.2) is 4.79 Å². The van der Waals surface area contributed by atoms with Crippen molar-refractivity contribution in [2.75, 3.05) is 26.2 Å². The van der Waals surface area contributed by atoms with Gasteiger partial charge in [-0.3, -0.25) is 9.59 Å². The quantitative estimate of drug-likeness (QED) is 0.603. The lowest BCUT2D eigenvalue weighted by Crippen LogP contribution is -2.71. The normalized spacial score (nSPS) is 16.6. The Balaban J connectivity index is 2.50. The standard InChI is InChI=1S/C14H25N3O5/c1-10(18)15-5-6-16-14(7-11(19)20)8-17(9-14)12(21)22-13(2,3)4/h16H,5-9H2,1-4H3,(H,15,18)(H,19,20). The molecular formula is C14H25N3O5. The molecule has 126 valence electrons. The summed E-state index contributed by atoms with van der Waals surface area (Å²) in [4.78, 5) is 35.2. The molecule has 1 heterocycles. The fourth-order valence-corrected chi connectivity index (χ4v) is 2.28. The van der Waals surface area contributed by atoms with Crippen molar-refractivity contribution in [1.29, 1.82) is 0 Å². The summed E-state index contributed by atoms with van der Waals surface area (Å²) >= 11 is 0. The van der Waals surface area contributed by atoms with E-state index in [9.17, 15) is 14.4 Å². The van der Waals surface area contributed by atoms with Crippen LogP contribution in [0, 0.1) is 0 Å². The molecular weight excluding hydrogens is 290 g/mol. The zero-order valence-corrected chi connectivity index (χ0v) is 13.6. The number of rotatable bonds is 6. The number of carbonyl (C=O) groups is 3. The van der Waals surface area contributed by atoms with Crippen LogP contribution in [-0.2, 0) is 14.3 Å². The van der Waals surface area contributed by atoms with Gasteiger partial charge in [0.15, 0.2) is 0 Å². The summed E-state index contributed by atoms with van der Waals surface area (Å²) in [7, 11) is 0. The van der Waals surface area contributed by atoms with Crippen molar-refractivity contribution < 1.29 is 24.2 Å². The second-order valence-corrected chi connectivity index (χ2v) is 6.60. The highest BCUT2D eigenvalue weighted by atomic mass is 16.6. The van der Waals surface area contributed by atoms with E-state index in [2.05, 4.69) is 10.6 Å². The van der Waals surface area contributed by atoms with Gasteiger partial charge < -0.3 is 25.4 Å². The Hall–Kier alpha value is -1.83. The van der Waals surface area contributed by atoms with E-state index in [0.717, 1.165) is 0 Å². The molecule has 0 atom stereocenters. The first-order valence-electron chi connectivity index (χ1n) is 7.22. The second kappa shape index (κ2) is 6.95. The number of carboxylic acid groups (broad SMARTS) is 1. The Morgan fingerprint density at radius 3 is 2.27 bits per heavy atom. The fourth-order valence-electron chi connectivity index (χ4n) is 2.28. The van der Waals surface area contributed by atoms with Gasteiger partial charge >= 0.3 is 12.1 Å². The van der Waals surface area contributed by atoms with Gasteiger partial charge in [-0.05, 0) is 20.8 Å². The maximum Gasteiger partial charge on any atom is 0.410 e. The molecule has 0 aromatic heterocycles. The molecule has 0 aromatic rings. The van der Waals surface area contributed by atoms with Crippen LogP contribution < -0.4 is 10.6 Å². The molecule has 0 spiro atoms. The lowest BCUT2D eigenvalue weighted by molar-refractivity contribution is -0.141. The highest BCUT2D eigenvalue weighted by Crippen LogP contribution is 2.26. The van der Waals surface area contributed by atoms with Crippen LogP contribution in [0.5, 0.6) is 0 Å². The minimum Gasteiger partial charge on any atom is -0.481 e. The summed E-state index contributed by atoms with van der Waals surface area (Å²) in [5, 5.41) is 14.8. The molecule has 0 radical (unpaired) electrons. The van der Waals surface area contributed by atoms with Crippen molar-refractivity contribution in [2.45, 2.75) is 45.3 Å². The molecule has 0 aliphatic carbocycles. The highest BCUT2D eigenvalue weighted by molar-refractivity contribution is 5.73. The molecule has 1 fully saturated rings. The predicted molar refractivity (Wildman–Crippen MR) is 79.5 cm³/mol. The lowest BCUT2D eigenvalue weighted by Gasteiger charge is -2.49. The van der Waals surface area contributed by atoms with Crippen molar-refractivity contribution in [3.63, 3.8) is 0 Å². The molecule has 1 aliphatic rings. The van der Waals surface area contributed by atoms with E-state index in [4.69, 9.17) is 9.84 Å². The monoisotopic (exact) mass is 315 g/mol. The molecule has 3 N–H and O–H groups in total. The van der Waals surface area contributed by atoms with Crippen LogP contribution >= 0.6 is 0 Å². The van der Waals surface area contributed by atoms with E-state index in [1.54, 1.807) is 20.8 Å². The summed E-state index contributed by atoms with van der Waals surface area (Å²) < 4.78 is 5.25. The highest BCUT2D eigenvalue weighted by Gasteiger charge is 2.47. The number of carbonyl (C=O) groups excluding carboxylic acids is 2. The van der Waals surface area contributed by atoms with E-state index in [1.807, 2.05) is 0 Å². The van der Waals surface area contributed by atoms with E-state index in [0.29, 0.717) is 13.1 Å². The van der Waals surface area contributed by atoms with Crippen LogP contribution in [0.1, 0.15) is 34.1 Å². The first-order valence-corrected chi connectivity index (χ1v) is 7.22. The lowest BCUT2D eigenvalue weighted by atomic mass is 9.86. The molecule has 2 amide bonds. The van der Waals surface area contributed by atoms with Gasteiger partial charge in [-0.15, -0.1) is 0 Å². The molecule has 8 nitrogen and oxygen atoms in total. The van der Waals surface area contributed by atoms with E-state index >= 15 is 0 Å². The largest absolute Gasteiger partial charge is 0.481 e. The first kappa shape index (κ1) is 18.2. The minimum absolute atomic E-state index is 0.0909. The van der Waals surface area contributed by atoms with Crippen LogP contribution in [0.3, 0.4) is 0 Å². The van der Waals surface area contributed by atoms with Crippen LogP contribution in [0.2, 0.25) is 0 Å². The van der Waals surface area contributed by atoms with Gasteiger partial charge in [0, 0.05) is 33.1 Å². The second-order valence-electron chi connectivity index (χ2n) is 6.60. The van der Waals surface area contributed by atoms with E-state index in [-0.39, 0.29) is 25.4 Å². The number of nitrogens with zero attached hydrogens (tertiary/aromatic N) is 1. The van der Waals surface area contributed by atoms with Crippen molar-refractivity contribution in [3.05, 3.63) is 0 Å². The van der Waals surface area contributed by atoms with Gasteiger partial charge in [0.2, 0.25) is 5.91 Å². The molecule has 1 aliphatic heterocycles. The number of hydrogen-bond acceptors (Lipinski definition) is 5. The maximum absolute atomic E-state index is 11.9. The number of amides is 2. The smallest absolute Gasteiger partial charge is 0.410 e. The van der Waals surface area contributed by atoms with E-state index in [1.165, 1.54) is 11.8 Å². The fraction of sp³-hybridized carbons (Fsp3) is 0.786. The summed E-state index contributed by atoms with van der Waals surface area (Å²) in [5.41, 5.74) is -1.25. The van der Waals surface area contributed by atoms with E-state index < -0.39 is 23.2 Å². The van der Waals surface area contributed by atoms with Gasteiger partial charge in [-0.2, -0.15) is 0 Å². The molecule has 1 saturated heterocycles. The van der Waals surface area contributed by atoms with Crippen molar-refractivity contribution >= 4 is 18.0 Å². The Morgan fingerprint density at radius 2 is 1.82 bits per heavy atom. The molecule has 22 heavy (non-hydrogen) atoms. The number of likely N-dealkylation sites (tertiary alicyclic amines) is 1. The zero-order valence-electron chi connectivity index (χ0n) is 13.6. The van der Waals surface area contributed by atoms with Crippen molar-refractivity contribution in [2.24, 2.45) is 0 Å². The van der Waals surface area contributed by atoms with Gasteiger partial charge in [0.1, 0.15) is 5.60 Å². The minimum atomic E-state index is -0.934. The average Bonchev–Trinajstić information content (AvgIpc) is 2.26. The molecule has 0 aromatic carbocycles. The number of hydrogen-bond donors (Lipinski definition) is 3. The number of ether oxygens (including phenoxy) is 1. The van der Waals surface area contributed by atoms with Crippen LogP contribution in [-0.4, -0.2) is 65.3 Å². The van der Waals surface area contributed by atoms with Crippen LogP contribution in [0.25, 0.3) is 0 Å². The predicted octanol–water partition coefficient (Wildman–Crippen LogP) is 0.176. The Labute approximate surface area is 130 Å². The Morgan fingerprint density at radius 1 is 1.23 bits per heavy atom. The Bertz CT molecular complexity index is 438. The third-order valence-electron chi connectivity index (χ3n) is 3.13. The maximum atomic E-state index is 11.9. The summed E-state index contributed by atoms with van der Waals surface area (Å²) in [5.74, 6) is -1.08. The number of nitrogens with one attached hydrogen (secondary N) is 2. The topological polar surface area (TPSA) is 108 Å². The van der Waals surface area contributed by atoms with Crippen LogP contribution in [0.4, 0.5) is 4.79 Å². The molecule has 1 rings (SSSR count). The zero-order chi connectivity index (χ0) is 17.0. The van der Waals surface area contributed by atoms with Gasteiger partial charge in [0.05, 0.1) is 12.0 Å². The van der Waals surface area contributed by atoms with Gasteiger partial charge in [0.25, 0.3) is 0 Å². The van der Waals surface area contributed by atoms with Crippen molar-refractivity contribution in [1.82, 2.24) is 15.5 Å². The number of carboxylic acids is 1. The molecule has 0 bridgehead atoms. The first-order chi connectivity index (χ1) is 10.0. The van der Waals surface area contributed by atoms with Crippen LogP contribution in [0.15, 0.2) is 0 Å². The Kier molecular flexibility index (Phi) is 5.76. The molecule has 0 saturated carbocycles. The third-order valence-corrected chi connectivity index (χ3v) is 3.13. The van der Waals surface area contributed by atoms with Crippen molar-refractivity contribution in [3.8, 4) is 0 Å². The summed E-state index contributed by atoms with van der Waals surface area (Å²) in [6.45, 7) is 8.14. The van der Waals surface area contributed by atoms with Gasteiger partial charge in [-0.1, -0.05) is 0 Å². The summed E-state index contributed by atoms with van der Waals surface area (Å²) in [6.07, 6.45) is -0.538. The summed E-state index contributed by atoms with van der Waals surface area (Å²) in [6, 6.07) is 0. The number of aliphatic carboxylic acids is 1. The SMILES string of the molecule is CC(=O)NCCNC1(CC(=O)O)CN(C(=O)OC(C)(C)C)C1. The molecule has 0 unspecified atom stereocenters.